The Morgan fingerprint density at radius 3 is 2.59 bits per heavy atom. The normalized spacial score (nSPS) is 11.5. The number of aryl methyl sites for hydroxylation is 3. The van der Waals surface area contributed by atoms with Gasteiger partial charge in [-0.05, 0) is 38.8 Å². The Labute approximate surface area is 136 Å². The molecule has 0 aliphatic rings. The smallest absolute Gasteiger partial charge is 0.191 e. The van der Waals surface area contributed by atoms with Crippen LogP contribution in [0.2, 0.25) is 0 Å². The fourth-order valence-corrected chi connectivity index (χ4v) is 2.94. The molecule has 0 aliphatic heterocycles. The third-order valence-electron chi connectivity index (χ3n) is 3.49. The molecule has 0 radical (unpaired) electrons. The van der Waals surface area contributed by atoms with Crippen molar-refractivity contribution in [2.24, 2.45) is 4.99 Å². The molecule has 1 aromatic heterocycles. The molecular weight excluding hydrogens is 292 g/mol. The third-order valence-corrected chi connectivity index (χ3v) is 4.57. The van der Waals surface area contributed by atoms with E-state index >= 15 is 0 Å². The molecule has 1 heterocycles. The molecule has 2 rings (SSSR count). The van der Waals surface area contributed by atoms with E-state index in [1.807, 2.05) is 6.92 Å². The lowest BCUT2D eigenvalue weighted by atomic mass is 10.1. The largest absolute Gasteiger partial charge is 0.357 e. The maximum atomic E-state index is 4.66. The first-order valence-electron chi connectivity index (χ1n) is 7.59. The fraction of sp³-hybridized carbons (Fsp3) is 0.412. The number of rotatable bonds is 5. The molecule has 4 nitrogen and oxygen atoms in total. The Hall–Kier alpha value is -1.88. The van der Waals surface area contributed by atoms with Crippen molar-refractivity contribution in [1.82, 2.24) is 15.6 Å². The number of benzene rings is 1. The van der Waals surface area contributed by atoms with Crippen molar-refractivity contribution in [1.29, 1.82) is 0 Å². The standard InChI is InChI=1S/C17H24N4S/c1-5-18-17(19-10-15-9-7-6-8-12(15)2)20-11-16-21-13(3)14(4)22-16/h6-9H,5,10-11H2,1-4H3,(H2,18,19,20). The number of nitrogens with one attached hydrogen (secondary N) is 2. The van der Waals surface area contributed by atoms with Gasteiger partial charge in [0, 0.05) is 11.4 Å². The van der Waals surface area contributed by atoms with Gasteiger partial charge in [0.05, 0.1) is 18.8 Å². The average Bonchev–Trinajstić information content (AvgIpc) is 2.82. The second-order valence-corrected chi connectivity index (χ2v) is 6.51. The van der Waals surface area contributed by atoms with Gasteiger partial charge >= 0.3 is 0 Å². The molecule has 0 atom stereocenters. The summed E-state index contributed by atoms with van der Waals surface area (Å²) >= 11 is 1.73. The number of aromatic nitrogens is 1. The summed E-state index contributed by atoms with van der Waals surface area (Å²) in [6.07, 6.45) is 0. The van der Waals surface area contributed by atoms with Crippen LogP contribution in [0, 0.1) is 20.8 Å². The second-order valence-electron chi connectivity index (χ2n) is 5.22. The van der Waals surface area contributed by atoms with Crippen LogP contribution in [0.1, 0.15) is 33.6 Å². The van der Waals surface area contributed by atoms with Crippen molar-refractivity contribution in [3.63, 3.8) is 0 Å². The van der Waals surface area contributed by atoms with Crippen LogP contribution < -0.4 is 10.6 Å². The molecule has 5 heteroatoms. The zero-order valence-electron chi connectivity index (χ0n) is 13.7. The van der Waals surface area contributed by atoms with Crippen LogP contribution in [0.4, 0.5) is 0 Å². The quantitative estimate of drug-likeness (QED) is 0.657. The van der Waals surface area contributed by atoms with E-state index in [0.717, 1.165) is 23.2 Å². The lowest BCUT2D eigenvalue weighted by molar-refractivity contribution is 0.809. The molecule has 22 heavy (non-hydrogen) atoms. The Bertz CT molecular complexity index is 626. The first kappa shape index (κ1) is 16.5. The van der Waals surface area contributed by atoms with Gasteiger partial charge < -0.3 is 10.6 Å². The molecule has 0 bridgehead atoms. The molecule has 0 saturated heterocycles. The van der Waals surface area contributed by atoms with Gasteiger partial charge in [0.15, 0.2) is 5.96 Å². The summed E-state index contributed by atoms with van der Waals surface area (Å²) in [6, 6.07) is 8.35. The van der Waals surface area contributed by atoms with Crippen molar-refractivity contribution < 1.29 is 0 Å². The van der Waals surface area contributed by atoms with Crippen LogP contribution in [0.5, 0.6) is 0 Å². The van der Waals surface area contributed by atoms with Crippen LogP contribution in [-0.4, -0.2) is 17.5 Å². The molecule has 0 fully saturated rings. The highest BCUT2D eigenvalue weighted by atomic mass is 32.1. The summed E-state index contributed by atoms with van der Waals surface area (Å²) in [4.78, 5) is 10.5. The maximum absolute atomic E-state index is 4.66. The van der Waals surface area contributed by atoms with Crippen LogP contribution in [0.3, 0.4) is 0 Å². The van der Waals surface area contributed by atoms with E-state index in [0.29, 0.717) is 13.1 Å². The lowest BCUT2D eigenvalue weighted by Crippen LogP contribution is -2.36. The summed E-state index contributed by atoms with van der Waals surface area (Å²) < 4.78 is 0. The summed E-state index contributed by atoms with van der Waals surface area (Å²) in [6.45, 7) is 10.6. The topological polar surface area (TPSA) is 49.3 Å². The van der Waals surface area contributed by atoms with Crippen LogP contribution >= 0.6 is 11.3 Å². The van der Waals surface area contributed by atoms with E-state index in [9.17, 15) is 0 Å². The van der Waals surface area contributed by atoms with Gasteiger partial charge in [-0.15, -0.1) is 11.3 Å². The van der Waals surface area contributed by atoms with E-state index in [1.54, 1.807) is 11.3 Å². The number of nitrogens with zero attached hydrogens (tertiary/aromatic N) is 2. The van der Waals surface area contributed by atoms with Gasteiger partial charge in [0.2, 0.25) is 0 Å². The van der Waals surface area contributed by atoms with E-state index < -0.39 is 0 Å². The SMILES string of the molecule is CCNC(=NCc1ccccc1C)NCc1nc(C)c(C)s1. The highest BCUT2D eigenvalue weighted by molar-refractivity contribution is 7.11. The van der Waals surface area contributed by atoms with Crippen molar-refractivity contribution >= 4 is 17.3 Å². The Morgan fingerprint density at radius 1 is 1.18 bits per heavy atom. The number of hydrogen-bond acceptors (Lipinski definition) is 3. The first-order valence-corrected chi connectivity index (χ1v) is 8.41. The van der Waals surface area contributed by atoms with Gasteiger partial charge in [-0.1, -0.05) is 24.3 Å². The monoisotopic (exact) mass is 316 g/mol. The molecule has 0 spiro atoms. The zero-order chi connectivity index (χ0) is 15.9. The number of guanidine groups is 1. The average molecular weight is 316 g/mol. The molecule has 2 aromatic rings. The molecule has 0 aliphatic carbocycles. The van der Waals surface area contributed by atoms with Crippen LogP contribution in [-0.2, 0) is 13.1 Å². The summed E-state index contributed by atoms with van der Waals surface area (Å²) in [5, 5.41) is 7.73. The summed E-state index contributed by atoms with van der Waals surface area (Å²) in [5.41, 5.74) is 3.64. The Kier molecular flexibility index (Phi) is 5.95. The number of aliphatic imine (C=N–C) groups is 1. The zero-order valence-corrected chi connectivity index (χ0v) is 14.5. The molecule has 118 valence electrons. The van der Waals surface area contributed by atoms with Gasteiger partial charge in [0.25, 0.3) is 0 Å². The fourth-order valence-electron chi connectivity index (χ4n) is 2.07. The van der Waals surface area contributed by atoms with Gasteiger partial charge in [-0.3, -0.25) is 0 Å². The minimum atomic E-state index is 0.679. The summed E-state index contributed by atoms with van der Waals surface area (Å²) in [5.74, 6) is 0.830. The highest BCUT2D eigenvalue weighted by Crippen LogP contribution is 2.15. The Morgan fingerprint density at radius 2 is 1.95 bits per heavy atom. The second kappa shape index (κ2) is 7.94. The molecule has 0 saturated carbocycles. The lowest BCUT2D eigenvalue weighted by Gasteiger charge is -2.10. The van der Waals surface area contributed by atoms with Crippen molar-refractivity contribution in [2.75, 3.05) is 6.54 Å². The maximum Gasteiger partial charge on any atom is 0.191 e. The Balaban J connectivity index is 1.99. The molecular formula is C17H24N4S. The highest BCUT2D eigenvalue weighted by Gasteiger charge is 2.05. The summed E-state index contributed by atoms with van der Waals surface area (Å²) in [7, 11) is 0. The van der Waals surface area contributed by atoms with E-state index in [1.165, 1.54) is 16.0 Å². The van der Waals surface area contributed by atoms with Gasteiger partial charge in [-0.25, -0.2) is 9.98 Å². The van der Waals surface area contributed by atoms with E-state index in [2.05, 4.69) is 65.6 Å². The predicted molar refractivity (Wildman–Crippen MR) is 94.4 cm³/mol. The minimum absolute atomic E-state index is 0.679. The number of thiazole rings is 1. The predicted octanol–water partition coefficient (Wildman–Crippen LogP) is 3.32. The molecule has 2 N–H and O–H groups in total. The molecule has 0 unspecified atom stereocenters. The van der Waals surface area contributed by atoms with Crippen LogP contribution in [0.15, 0.2) is 29.3 Å². The van der Waals surface area contributed by atoms with Gasteiger partial charge in [0.1, 0.15) is 5.01 Å². The van der Waals surface area contributed by atoms with Crippen molar-refractivity contribution in [2.45, 2.75) is 40.8 Å². The third kappa shape index (κ3) is 4.56. The minimum Gasteiger partial charge on any atom is -0.357 e. The number of hydrogen-bond donors (Lipinski definition) is 2. The van der Waals surface area contributed by atoms with Crippen molar-refractivity contribution in [3.8, 4) is 0 Å². The van der Waals surface area contributed by atoms with E-state index in [4.69, 9.17) is 0 Å². The molecule has 0 amide bonds. The first-order chi connectivity index (χ1) is 10.6. The van der Waals surface area contributed by atoms with E-state index in [-0.39, 0.29) is 0 Å². The van der Waals surface area contributed by atoms with Crippen molar-refractivity contribution in [3.05, 3.63) is 51.0 Å². The van der Waals surface area contributed by atoms with Gasteiger partial charge in [-0.2, -0.15) is 0 Å². The molecule has 1 aromatic carbocycles. The van der Waals surface area contributed by atoms with Crippen LogP contribution in [0.25, 0.3) is 0 Å².